The molecule has 1 fully saturated rings. The number of ether oxygens (including phenoxy) is 1. The fourth-order valence-electron chi connectivity index (χ4n) is 1.61. The normalized spacial score (nSPS) is 18.3. The Balaban J connectivity index is 2.07. The van der Waals surface area contributed by atoms with Crippen LogP contribution in [-0.4, -0.2) is 18.1 Å². The number of nitrogens with zero attached hydrogens (tertiary/aromatic N) is 1. The van der Waals surface area contributed by atoms with Crippen LogP contribution in [0.5, 0.6) is 0 Å². The molecule has 2 rings (SSSR count). The molecule has 5 heteroatoms. The molecule has 0 saturated heterocycles. The minimum Gasteiger partial charge on any atom is -0.469 e. The molecule has 15 heavy (non-hydrogen) atoms. The van der Waals surface area contributed by atoms with E-state index in [2.05, 4.69) is 9.72 Å². The number of hydrogen-bond donors (Lipinski definition) is 1. The van der Waals surface area contributed by atoms with E-state index in [0.717, 1.165) is 23.5 Å². The number of carbonyl (C=O) groups excluding carboxylic acids is 1. The molecule has 0 aromatic carbocycles. The fraction of sp³-hybridized carbons (Fsp3) is 0.600. The lowest BCUT2D eigenvalue weighted by molar-refractivity contribution is -0.139. The topological polar surface area (TPSA) is 65.2 Å². The SMILES string of the molecule is COC(=O)Cc1csc(C2(N)CCC2)n1. The van der Waals surface area contributed by atoms with E-state index in [4.69, 9.17) is 5.73 Å². The molecule has 1 aliphatic carbocycles. The molecular weight excluding hydrogens is 212 g/mol. The predicted molar refractivity (Wildman–Crippen MR) is 57.6 cm³/mol. The van der Waals surface area contributed by atoms with Gasteiger partial charge in [0.25, 0.3) is 0 Å². The van der Waals surface area contributed by atoms with E-state index in [1.165, 1.54) is 13.5 Å². The Bertz CT molecular complexity index is 371. The fourth-order valence-corrected chi connectivity index (χ4v) is 2.60. The molecule has 0 aliphatic heterocycles. The minimum atomic E-state index is -0.258. The molecule has 0 amide bonds. The first-order valence-electron chi connectivity index (χ1n) is 4.95. The van der Waals surface area contributed by atoms with Crippen LogP contribution in [0, 0.1) is 0 Å². The Hall–Kier alpha value is -0.940. The first kappa shape index (κ1) is 10.6. The number of nitrogens with two attached hydrogens (primary N) is 1. The van der Waals surface area contributed by atoms with Gasteiger partial charge in [-0.15, -0.1) is 11.3 Å². The maximum atomic E-state index is 11.0. The molecular formula is C10H14N2O2S. The highest BCUT2D eigenvalue weighted by molar-refractivity contribution is 7.09. The van der Waals surface area contributed by atoms with Crippen LogP contribution in [0.25, 0.3) is 0 Å². The van der Waals surface area contributed by atoms with Gasteiger partial charge in [-0.25, -0.2) is 4.98 Å². The van der Waals surface area contributed by atoms with Crippen LogP contribution in [0.4, 0.5) is 0 Å². The molecule has 82 valence electrons. The summed E-state index contributed by atoms with van der Waals surface area (Å²) in [5, 5.41) is 2.84. The Morgan fingerprint density at radius 3 is 3.00 bits per heavy atom. The zero-order chi connectivity index (χ0) is 10.9. The first-order valence-corrected chi connectivity index (χ1v) is 5.82. The predicted octanol–water partition coefficient (Wildman–Crippen LogP) is 1.20. The first-order chi connectivity index (χ1) is 7.14. The summed E-state index contributed by atoms with van der Waals surface area (Å²) in [4.78, 5) is 15.4. The lowest BCUT2D eigenvalue weighted by Crippen LogP contribution is -2.43. The van der Waals surface area contributed by atoms with E-state index in [1.54, 1.807) is 11.3 Å². The third-order valence-electron chi connectivity index (χ3n) is 2.78. The Kier molecular flexibility index (Phi) is 2.75. The van der Waals surface area contributed by atoms with Crippen molar-refractivity contribution in [2.24, 2.45) is 5.73 Å². The van der Waals surface area contributed by atoms with Crippen LogP contribution in [0.3, 0.4) is 0 Å². The quantitative estimate of drug-likeness (QED) is 0.786. The highest BCUT2D eigenvalue weighted by Gasteiger charge is 2.37. The molecule has 0 atom stereocenters. The van der Waals surface area contributed by atoms with Gasteiger partial charge in [0.05, 0.1) is 24.8 Å². The van der Waals surface area contributed by atoms with Crippen molar-refractivity contribution in [2.45, 2.75) is 31.2 Å². The van der Waals surface area contributed by atoms with Gasteiger partial charge in [-0.3, -0.25) is 4.79 Å². The lowest BCUT2D eigenvalue weighted by Gasteiger charge is -2.35. The smallest absolute Gasteiger partial charge is 0.311 e. The van der Waals surface area contributed by atoms with Crippen molar-refractivity contribution in [3.8, 4) is 0 Å². The third-order valence-corrected chi connectivity index (χ3v) is 3.89. The number of methoxy groups -OCH3 is 1. The number of aromatic nitrogens is 1. The van der Waals surface area contributed by atoms with Gasteiger partial charge >= 0.3 is 5.97 Å². The van der Waals surface area contributed by atoms with E-state index in [-0.39, 0.29) is 17.9 Å². The van der Waals surface area contributed by atoms with Crippen molar-refractivity contribution in [3.05, 3.63) is 16.1 Å². The van der Waals surface area contributed by atoms with Crippen LogP contribution in [-0.2, 0) is 21.5 Å². The van der Waals surface area contributed by atoms with Crippen molar-refractivity contribution in [1.82, 2.24) is 4.98 Å². The lowest BCUT2D eigenvalue weighted by atomic mass is 9.78. The Morgan fingerprint density at radius 1 is 1.73 bits per heavy atom. The van der Waals surface area contributed by atoms with Gasteiger partial charge in [0.1, 0.15) is 5.01 Å². The molecule has 1 aromatic rings. The zero-order valence-corrected chi connectivity index (χ0v) is 9.47. The molecule has 1 aromatic heterocycles. The summed E-state index contributed by atoms with van der Waals surface area (Å²) in [5.74, 6) is -0.258. The monoisotopic (exact) mass is 226 g/mol. The molecule has 0 bridgehead atoms. The van der Waals surface area contributed by atoms with Gasteiger partial charge in [0.2, 0.25) is 0 Å². The number of rotatable bonds is 3. The molecule has 1 heterocycles. The van der Waals surface area contributed by atoms with Crippen LogP contribution in [0.15, 0.2) is 5.38 Å². The molecule has 2 N–H and O–H groups in total. The van der Waals surface area contributed by atoms with Gasteiger partial charge in [-0.1, -0.05) is 0 Å². The van der Waals surface area contributed by atoms with Crippen LogP contribution in [0.1, 0.15) is 30.0 Å². The maximum Gasteiger partial charge on any atom is 0.311 e. The van der Waals surface area contributed by atoms with Gasteiger partial charge in [-0.2, -0.15) is 0 Å². The van der Waals surface area contributed by atoms with Gasteiger partial charge in [0, 0.05) is 5.38 Å². The summed E-state index contributed by atoms with van der Waals surface area (Å²) in [6.07, 6.45) is 3.40. The standard InChI is InChI=1S/C10H14N2O2S/c1-14-8(13)5-7-6-15-9(12-7)10(11)3-2-4-10/h6H,2-5,11H2,1H3. The second-order valence-electron chi connectivity index (χ2n) is 3.91. The maximum absolute atomic E-state index is 11.0. The van der Waals surface area contributed by atoms with Crippen molar-refractivity contribution in [2.75, 3.05) is 7.11 Å². The largest absolute Gasteiger partial charge is 0.469 e. The summed E-state index contributed by atoms with van der Waals surface area (Å²) in [6.45, 7) is 0. The summed E-state index contributed by atoms with van der Waals surface area (Å²) in [5.41, 5.74) is 6.67. The third kappa shape index (κ3) is 2.03. The van der Waals surface area contributed by atoms with E-state index >= 15 is 0 Å². The summed E-state index contributed by atoms with van der Waals surface area (Å²) < 4.78 is 4.58. The zero-order valence-electron chi connectivity index (χ0n) is 8.66. The second kappa shape index (κ2) is 3.90. The number of thiazole rings is 1. The average Bonchev–Trinajstić information content (AvgIpc) is 2.62. The average molecular weight is 226 g/mol. The van der Waals surface area contributed by atoms with E-state index < -0.39 is 0 Å². The van der Waals surface area contributed by atoms with Crippen LogP contribution < -0.4 is 5.73 Å². The van der Waals surface area contributed by atoms with Gasteiger partial charge in [0.15, 0.2) is 0 Å². The Morgan fingerprint density at radius 2 is 2.47 bits per heavy atom. The molecule has 0 spiro atoms. The van der Waals surface area contributed by atoms with Crippen LogP contribution in [0.2, 0.25) is 0 Å². The minimum absolute atomic E-state index is 0.223. The van der Waals surface area contributed by atoms with E-state index in [0.29, 0.717) is 0 Å². The van der Waals surface area contributed by atoms with Gasteiger partial charge < -0.3 is 10.5 Å². The molecule has 1 saturated carbocycles. The molecule has 4 nitrogen and oxygen atoms in total. The molecule has 0 radical (unpaired) electrons. The molecule has 0 unspecified atom stereocenters. The van der Waals surface area contributed by atoms with E-state index in [1.807, 2.05) is 5.38 Å². The van der Waals surface area contributed by atoms with E-state index in [9.17, 15) is 4.79 Å². The van der Waals surface area contributed by atoms with Crippen molar-refractivity contribution in [1.29, 1.82) is 0 Å². The Labute approximate surface area is 92.5 Å². The second-order valence-corrected chi connectivity index (χ2v) is 4.76. The van der Waals surface area contributed by atoms with Gasteiger partial charge in [-0.05, 0) is 19.3 Å². The van der Waals surface area contributed by atoms with Crippen molar-refractivity contribution < 1.29 is 9.53 Å². The summed E-state index contributed by atoms with van der Waals surface area (Å²) in [6, 6.07) is 0. The van der Waals surface area contributed by atoms with Crippen molar-refractivity contribution >= 4 is 17.3 Å². The highest BCUT2D eigenvalue weighted by Crippen LogP contribution is 2.39. The van der Waals surface area contributed by atoms with Crippen molar-refractivity contribution in [3.63, 3.8) is 0 Å². The number of carbonyl (C=O) groups is 1. The number of hydrogen-bond acceptors (Lipinski definition) is 5. The molecule has 1 aliphatic rings. The van der Waals surface area contributed by atoms with Crippen LogP contribution >= 0.6 is 11.3 Å². The summed E-state index contributed by atoms with van der Waals surface area (Å²) in [7, 11) is 1.38. The summed E-state index contributed by atoms with van der Waals surface area (Å²) >= 11 is 1.54. The highest BCUT2D eigenvalue weighted by atomic mass is 32.1. The number of esters is 1.